The van der Waals surface area contributed by atoms with Crippen molar-refractivity contribution in [2.24, 2.45) is 0 Å². The van der Waals surface area contributed by atoms with Crippen LogP contribution in [-0.4, -0.2) is 11.7 Å². The summed E-state index contributed by atoms with van der Waals surface area (Å²) in [5.41, 5.74) is 1.91. The molecule has 0 radical (unpaired) electrons. The zero-order valence-electron chi connectivity index (χ0n) is 9.58. The average molecular weight is 222 g/mol. The summed E-state index contributed by atoms with van der Waals surface area (Å²) in [5, 5.41) is 8.90. The van der Waals surface area contributed by atoms with Crippen molar-refractivity contribution in [3.8, 4) is 0 Å². The molecule has 0 atom stereocenters. The fourth-order valence-corrected chi connectivity index (χ4v) is 2.60. The zero-order chi connectivity index (χ0) is 11.4. The van der Waals surface area contributed by atoms with Crippen molar-refractivity contribution in [2.75, 3.05) is 6.61 Å². The van der Waals surface area contributed by atoms with Gasteiger partial charge in [-0.2, -0.15) is 0 Å². The molecule has 0 spiro atoms. The normalized spacial score (nSPS) is 17.6. The SMILES string of the molecule is OCCc1ccc(F)c(C2CCCCC2)c1. The van der Waals surface area contributed by atoms with Crippen LogP contribution in [0.15, 0.2) is 18.2 Å². The molecule has 1 N–H and O–H groups in total. The molecule has 1 fully saturated rings. The van der Waals surface area contributed by atoms with Crippen molar-refractivity contribution in [3.63, 3.8) is 0 Å². The first kappa shape index (κ1) is 11.6. The van der Waals surface area contributed by atoms with Gasteiger partial charge < -0.3 is 5.11 Å². The van der Waals surface area contributed by atoms with Crippen LogP contribution in [0.3, 0.4) is 0 Å². The molecule has 2 rings (SSSR count). The molecule has 1 aromatic carbocycles. The smallest absolute Gasteiger partial charge is 0.126 e. The Morgan fingerprint density at radius 1 is 1.19 bits per heavy atom. The molecule has 1 aromatic rings. The maximum absolute atomic E-state index is 13.7. The number of rotatable bonds is 3. The first-order valence-corrected chi connectivity index (χ1v) is 6.20. The summed E-state index contributed by atoms with van der Waals surface area (Å²) in [4.78, 5) is 0. The number of hydrogen-bond acceptors (Lipinski definition) is 1. The van der Waals surface area contributed by atoms with Gasteiger partial charge in [-0.1, -0.05) is 31.4 Å². The average Bonchev–Trinajstić information content (AvgIpc) is 2.33. The largest absolute Gasteiger partial charge is 0.396 e. The number of halogens is 1. The summed E-state index contributed by atoms with van der Waals surface area (Å²) < 4.78 is 13.7. The second-order valence-electron chi connectivity index (χ2n) is 4.66. The molecular weight excluding hydrogens is 203 g/mol. The van der Waals surface area contributed by atoms with E-state index in [1.807, 2.05) is 6.07 Å². The van der Waals surface area contributed by atoms with E-state index in [0.29, 0.717) is 12.3 Å². The summed E-state index contributed by atoms with van der Waals surface area (Å²) in [6.07, 6.45) is 6.57. The Morgan fingerprint density at radius 3 is 2.62 bits per heavy atom. The van der Waals surface area contributed by atoms with Gasteiger partial charge in [0.2, 0.25) is 0 Å². The maximum Gasteiger partial charge on any atom is 0.126 e. The number of benzene rings is 1. The minimum Gasteiger partial charge on any atom is -0.396 e. The van der Waals surface area contributed by atoms with Crippen LogP contribution in [0.1, 0.15) is 49.1 Å². The van der Waals surface area contributed by atoms with Crippen molar-refractivity contribution in [1.82, 2.24) is 0 Å². The van der Waals surface area contributed by atoms with Crippen LogP contribution in [0.5, 0.6) is 0 Å². The minimum absolute atomic E-state index is 0.0754. The van der Waals surface area contributed by atoms with Crippen LogP contribution in [0.25, 0.3) is 0 Å². The van der Waals surface area contributed by atoms with Crippen LogP contribution >= 0.6 is 0 Å². The van der Waals surface area contributed by atoms with E-state index >= 15 is 0 Å². The van der Waals surface area contributed by atoms with Crippen molar-refractivity contribution in [2.45, 2.75) is 44.4 Å². The lowest BCUT2D eigenvalue weighted by molar-refractivity contribution is 0.299. The van der Waals surface area contributed by atoms with Crippen LogP contribution in [0.2, 0.25) is 0 Å². The van der Waals surface area contributed by atoms with E-state index in [2.05, 4.69) is 0 Å². The van der Waals surface area contributed by atoms with Gasteiger partial charge in [0.05, 0.1) is 0 Å². The van der Waals surface area contributed by atoms with Gasteiger partial charge in [-0.25, -0.2) is 4.39 Å². The third kappa shape index (κ3) is 2.62. The van der Waals surface area contributed by atoms with Gasteiger partial charge in [-0.15, -0.1) is 0 Å². The topological polar surface area (TPSA) is 20.2 Å². The molecule has 0 heterocycles. The lowest BCUT2D eigenvalue weighted by Crippen LogP contribution is -2.07. The Labute approximate surface area is 96.3 Å². The molecule has 1 saturated carbocycles. The molecule has 2 heteroatoms. The van der Waals surface area contributed by atoms with Crippen LogP contribution in [0, 0.1) is 5.82 Å². The molecule has 0 amide bonds. The van der Waals surface area contributed by atoms with Crippen LogP contribution in [-0.2, 0) is 6.42 Å². The molecule has 0 bridgehead atoms. The van der Waals surface area contributed by atoms with Crippen LogP contribution < -0.4 is 0 Å². The Morgan fingerprint density at radius 2 is 1.94 bits per heavy atom. The Kier molecular flexibility index (Phi) is 3.94. The van der Waals surface area contributed by atoms with Gasteiger partial charge in [0.15, 0.2) is 0 Å². The van der Waals surface area contributed by atoms with Gasteiger partial charge in [0, 0.05) is 6.61 Å². The van der Waals surface area contributed by atoms with Crippen molar-refractivity contribution >= 4 is 0 Å². The monoisotopic (exact) mass is 222 g/mol. The third-order valence-electron chi connectivity index (χ3n) is 3.51. The molecule has 16 heavy (non-hydrogen) atoms. The summed E-state index contributed by atoms with van der Waals surface area (Å²) in [7, 11) is 0. The molecule has 0 saturated heterocycles. The fourth-order valence-electron chi connectivity index (χ4n) is 2.60. The van der Waals surface area contributed by atoms with E-state index < -0.39 is 0 Å². The Bertz CT molecular complexity index is 343. The second kappa shape index (κ2) is 5.44. The van der Waals surface area contributed by atoms with Crippen molar-refractivity contribution in [1.29, 1.82) is 0 Å². The number of hydrogen-bond donors (Lipinski definition) is 1. The highest BCUT2D eigenvalue weighted by Crippen LogP contribution is 2.34. The second-order valence-corrected chi connectivity index (χ2v) is 4.66. The predicted octanol–water partition coefficient (Wildman–Crippen LogP) is 3.41. The van der Waals surface area contributed by atoms with Gasteiger partial charge >= 0.3 is 0 Å². The first-order chi connectivity index (χ1) is 7.81. The highest BCUT2D eigenvalue weighted by Gasteiger charge is 2.18. The standard InChI is InChI=1S/C14H19FO/c15-14-7-6-11(8-9-16)10-13(14)12-4-2-1-3-5-12/h6-7,10,12,16H,1-5,8-9H2. The van der Waals surface area contributed by atoms with E-state index in [1.54, 1.807) is 12.1 Å². The van der Waals surface area contributed by atoms with E-state index in [-0.39, 0.29) is 12.4 Å². The minimum atomic E-state index is -0.0754. The summed E-state index contributed by atoms with van der Waals surface area (Å²) >= 11 is 0. The van der Waals surface area contributed by atoms with E-state index in [4.69, 9.17) is 5.11 Å². The molecular formula is C14H19FO. The molecule has 1 aliphatic carbocycles. The van der Waals surface area contributed by atoms with E-state index in [1.165, 1.54) is 19.3 Å². The molecule has 1 nitrogen and oxygen atoms in total. The molecule has 88 valence electrons. The zero-order valence-corrected chi connectivity index (χ0v) is 9.58. The number of aliphatic hydroxyl groups excluding tert-OH is 1. The first-order valence-electron chi connectivity index (χ1n) is 6.20. The lowest BCUT2D eigenvalue weighted by atomic mass is 9.83. The summed E-state index contributed by atoms with van der Waals surface area (Å²) in [6, 6.07) is 5.27. The summed E-state index contributed by atoms with van der Waals surface area (Å²) in [5.74, 6) is 0.320. The quantitative estimate of drug-likeness (QED) is 0.831. The van der Waals surface area contributed by atoms with Gasteiger partial charge in [0.1, 0.15) is 5.82 Å². The van der Waals surface area contributed by atoms with E-state index in [0.717, 1.165) is 24.0 Å². The lowest BCUT2D eigenvalue weighted by Gasteiger charge is -2.22. The summed E-state index contributed by atoms with van der Waals surface area (Å²) in [6.45, 7) is 0.135. The van der Waals surface area contributed by atoms with Crippen molar-refractivity contribution in [3.05, 3.63) is 35.1 Å². The molecule has 0 aliphatic heterocycles. The Hall–Kier alpha value is -0.890. The number of aliphatic hydroxyl groups is 1. The highest BCUT2D eigenvalue weighted by atomic mass is 19.1. The predicted molar refractivity (Wildman–Crippen MR) is 63.0 cm³/mol. The third-order valence-corrected chi connectivity index (χ3v) is 3.51. The van der Waals surface area contributed by atoms with Gasteiger partial charge in [-0.3, -0.25) is 0 Å². The molecule has 0 unspecified atom stereocenters. The maximum atomic E-state index is 13.7. The van der Waals surface area contributed by atoms with Crippen LogP contribution in [0.4, 0.5) is 4.39 Å². The van der Waals surface area contributed by atoms with Gasteiger partial charge in [-0.05, 0) is 42.4 Å². The van der Waals surface area contributed by atoms with Gasteiger partial charge in [0.25, 0.3) is 0 Å². The fraction of sp³-hybridized carbons (Fsp3) is 0.571. The van der Waals surface area contributed by atoms with E-state index in [9.17, 15) is 4.39 Å². The molecule has 1 aliphatic rings. The highest BCUT2D eigenvalue weighted by molar-refractivity contribution is 5.28. The Balaban J connectivity index is 2.19. The van der Waals surface area contributed by atoms with Crippen molar-refractivity contribution < 1.29 is 9.50 Å². The molecule has 0 aromatic heterocycles.